The monoisotopic (exact) mass is 479 g/mol. The molecule has 0 radical (unpaired) electrons. The number of hydrogen-bond donors (Lipinski definition) is 0. The van der Waals surface area contributed by atoms with Crippen molar-refractivity contribution in [1.82, 2.24) is 4.90 Å². The van der Waals surface area contributed by atoms with E-state index in [9.17, 15) is 14.4 Å². The molecule has 2 bridgehead atoms. The van der Waals surface area contributed by atoms with Gasteiger partial charge in [0.2, 0.25) is 11.8 Å². The Kier molecular flexibility index (Phi) is 5.15. The first kappa shape index (κ1) is 22.7. The number of benzene rings is 3. The molecule has 36 heavy (non-hydrogen) atoms. The molecule has 5 nitrogen and oxygen atoms in total. The van der Waals surface area contributed by atoms with Gasteiger partial charge in [0.15, 0.2) is 0 Å². The molecule has 3 aromatic rings. The summed E-state index contributed by atoms with van der Waals surface area (Å²) < 4.78 is 5.54. The summed E-state index contributed by atoms with van der Waals surface area (Å²) in [6, 6.07) is 23.7. The molecule has 0 aromatic heterocycles. The van der Waals surface area contributed by atoms with E-state index in [1.54, 1.807) is 12.1 Å². The first-order valence-electron chi connectivity index (χ1n) is 12.7. The summed E-state index contributed by atoms with van der Waals surface area (Å²) in [5, 5.41) is 0. The van der Waals surface area contributed by atoms with E-state index in [0.29, 0.717) is 5.75 Å². The van der Waals surface area contributed by atoms with Gasteiger partial charge in [0.25, 0.3) is 0 Å². The number of carbonyl (C=O) groups is 3. The van der Waals surface area contributed by atoms with Gasteiger partial charge in [0.05, 0.1) is 11.8 Å². The lowest BCUT2D eigenvalue weighted by molar-refractivity contribution is -0.148. The number of esters is 1. The summed E-state index contributed by atoms with van der Waals surface area (Å²) in [7, 11) is 0. The zero-order chi connectivity index (χ0) is 25.2. The van der Waals surface area contributed by atoms with Gasteiger partial charge in [-0.2, -0.15) is 0 Å². The number of amides is 2. The van der Waals surface area contributed by atoms with Crippen LogP contribution in [0.3, 0.4) is 0 Å². The van der Waals surface area contributed by atoms with Gasteiger partial charge >= 0.3 is 5.97 Å². The zero-order valence-corrected chi connectivity index (χ0v) is 20.7. The highest BCUT2D eigenvalue weighted by atomic mass is 16.5. The van der Waals surface area contributed by atoms with Crippen LogP contribution in [-0.4, -0.2) is 29.2 Å². The first-order valence-corrected chi connectivity index (χ1v) is 12.7. The fourth-order valence-corrected chi connectivity index (χ4v) is 6.37. The highest BCUT2D eigenvalue weighted by Gasteiger charge is 2.61. The summed E-state index contributed by atoms with van der Waals surface area (Å²) in [4.78, 5) is 41.2. The summed E-state index contributed by atoms with van der Waals surface area (Å²) in [5.41, 5.74) is 5.65. The summed E-state index contributed by atoms with van der Waals surface area (Å²) in [5.74, 6) is -2.10. The molecule has 1 fully saturated rings. The number of ether oxygens (including phenoxy) is 1. The molecule has 3 aliphatic carbocycles. The lowest BCUT2D eigenvalue weighted by atomic mass is 9.55. The van der Waals surface area contributed by atoms with E-state index in [1.807, 2.05) is 36.4 Å². The van der Waals surface area contributed by atoms with Crippen LogP contribution in [0, 0.1) is 11.8 Å². The molecule has 1 aliphatic heterocycles. The molecular formula is C31H29NO4. The number of carbonyl (C=O) groups excluding carboxylic acids is 3. The molecule has 0 spiro atoms. The molecule has 4 aliphatic rings. The zero-order valence-electron chi connectivity index (χ0n) is 20.7. The van der Waals surface area contributed by atoms with Gasteiger partial charge in [0.1, 0.15) is 12.3 Å². The molecule has 1 saturated heterocycles. The lowest BCUT2D eigenvalue weighted by Crippen LogP contribution is -2.41. The molecule has 3 aromatic carbocycles. The van der Waals surface area contributed by atoms with E-state index in [2.05, 4.69) is 45.0 Å². The Morgan fingerprint density at radius 1 is 0.778 bits per heavy atom. The Hall–Kier alpha value is -3.73. The quantitative estimate of drug-likeness (QED) is 0.288. The molecule has 182 valence electrons. The maximum Gasteiger partial charge on any atom is 0.331 e. The number of imide groups is 1. The minimum atomic E-state index is -0.611. The third kappa shape index (κ3) is 3.25. The Balaban J connectivity index is 1.26. The maximum atomic E-state index is 13.6. The Morgan fingerprint density at radius 2 is 1.22 bits per heavy atom. The van der Waals surface area contributed by atoms with Crippen LogP contribution in [0.15, 0.2) is 72.8 Å². The normalized spacial score (nSPS) is 23.8. The average molecular weight is 480 g/mol. The van der Waals surface area contributed by atoms with Crippen molar-refractivity contribution in [3.8, 4) is 5.75 Å². The smallest absolute Gasteiger partial charge is 0.331 e. The fraction of sp³-hybridized carbons (Fsp3) is 0.323. The van der Waals surface area contributed by atoms with Crippen molar-refractivity contribution in [3.63, 3.8) is 0 Å². The predicted octanol–water partition coefficient (Wildman–Crippen LogP) is 5.17. The number of rotatable bonds is 5. The molecule has 2 amide bonds. The molecule has 7 rings (SSSR count). The first-order chi connectivity index (χ1) is 17.3. The maximum absolute atomic E-state index is 13.6. The Morgan fingerprint density at radius 3 is 1.64 bits per heavy atom. The van der Waals surface area contributed by atoms with Crippen molar-refractivity contribution < 1.29 is 19.1 Å². The minimum absolute atomic E-state index is 0.0295. The van der Waals surface area contributed by atoms with Crippen molar-refractivity contribution in [1.29, 1.82) is 0 Å². The second kappa shape index (κ2) is 8.16. The summed E-state index contributed by atoms with van der Waals surface area (Å²) >= 11 is 0. The van der Waals surface area contributed by atoms with Gasteiger partial charge in [-0.15, -0.1) is 0 Å². The second-order valence-electron chi connectivity index (χ2n) is 10.8. The standard InChI is InChI=1S/C31H29NO4/c1-4-31(2,3)18-13-15-19(16-14-18)36-24(33)17-32-29(34)27-25-20-9-5-6-10-21(20)26(28(27)30(32)35)23-12-8-7-11-22(23)25/h5-16,25-28H,4,17H2,1-3H3/t25?,26?,27-,28-/m1/s1. The van der Waals surface area contributed by atoms with Crippen molar-refractivity contribution in [2.75, 3.05) is 6.54 Å². The Labute approximate surface area is 211 Å². The summed E-state index contributed by atoms with van der Waals surface area (Å²) in [6.45, 7) is 6.10. The van der Waals surface area contributed by atoms with Gasteiger partial charge in [-0.25, -0.2) is 4.79 Å². The van der Waals surface area contributed by atoms with Crippen LogP contribution in [0.2, 0.25) is 0 Å². The highest BCUT2D eigenvalue weighted by molar-refractivity contribution is 6.09. The van der Waals surface area contributed by atoms with Gasteiger partial charge < -0.3 is 4.74 Å². The van der Waals surface area contributed by atoms with Crippen LogP contribution in [0.5, 0.6) is 5.75 Å². The SMILES string of the molecule is CCC(C)(C)c1ccc(OC(=O)CN2C(=O)[C@@H]3C4c5ccccc5C(c5ccccc54)[C@H]3C2=O)cc1. The highest BCUT2D eigenvalue weighted by Crippen LogP contribution is 2.60. The molecule has 0 unspecified atom stereocenters. The third-order valence-electron chi connectivity index (χ3n) is 8.58. The van der Waals surface area contributed by atoms with Crippen LogP contribution in [0.4, 0.5) is 0 Å². The lowest BCUT2D eigenvalue weighted by Gasteiger charge is -2.45. The molecule has 1 heterocycles. The van der Waals surface area contributed by atoms with Crippen molar-refractivity contribution >= 4 is 17.8 Å². The van der Waals surface area contributed by atoms with E-state index in [1.165, 1.54) is 0 Å². The molecule has 0 saturated carbocycles. The number of hydrogen-bond acceptors (Lipinski definition) is 4. The second-order valence-corrected chi connectivity index (χ2v) is 10.8. The van der Waals surface area contributed by atoms with Crippen LogP contribution in [0.25, 0.3) is 0 Å². The van der Waals surface area contributed by atoms with Crippen molar-refractivity contribution in [2.45, 2.75) is 44.4 Å². The Bertz CT molecular complexity index is 1270. The predicted molar refractivity (Wildman–Crippen MR) is 136 cm³/mol. The van der Waals surface area contributed by atoms with Gasteiger partial charge in [-0.3, -0.25) is 14.5 Å². The van der Waals surface area contributed by atoms with Crippen LogP contribution in [-0.2, 0) is 19.8 Å². The topological polar surface area (TPSA) is 63.7 Å². The average Bonchev–Trinajstić information content (AvgIpc) is 3.14. The number of nitrogens with zero attached hydrogens (tertiary/aromatic N) is 1. The minimum Gasteiger partial charge on any atom is -0.425 e. The number of likely N-dealkylation sites (tertiary alicyclic amines) is 1. The van der Waals surface area contributed by atoms with E-state index in [0.717, 1.165) is 39.1 Å². The molecule has 0 N–H and O–H groups in total. The summed E-state index contributed by atoms with van der Waals surface area (Å²) in [6.07, 6.45) is 0.989. The molecule has 5 heteroatoms. The van der Waals surface area contributed by atoms with E-state index >= 15 is 0 Å². The van der Waals surface area contributed by atoms with Crippen molar-refractivity contribution in [2.24, 2.45) is 11.8 Å². The van der Waals surface area contributed by atoms with E-state index in [-0.39, 0.29) is 35.6 Å². The van der Waals surface area contributed by atoms with Crippen LogP contribution < -0.4 is 4.74 Å². The third-order valence-corrected chi connectivity index (χ3v) is 8.58. The van der Waals surface area contributed by atoms with Crippen molar-refractivity contribution in [3.05, 3.63) is 101 Å². The van der Waals surface area contributed by atoms with Crippen LogP contribution >= 0.6 is 0 Å². The van der Waals surface area contributed by atoms with E-state index in [4.69, 9.17) is 4.74 Å². The molecule has 2 atom stereocenters. The largest absolute Gasteiger partial charge is 0.425 e. The van der Waals surface area contributed by atoms with E-state index < -0.39 is 17.8 Å². The fourth-order valence-electron chi connectivity index (χ4n) is 6.37. The van der Waals surface area contributed by atoms with Gasteiger partial charge in [-0.05, 0) is 51.8 Å². The molecular weight excluding hydrogens is 450 g/mol. The van der Waals surface area contributed by atoms with Gasteiger partial charge in [0, 0.05) is 11.8 Å². The van der Waals surface area contributed by atoms with Gasteiger partial charge in [-0.1, -0.05) is 81.4 Å². The van der Waals surface area contributed by atoms with Crippen LogP contribution in [0.1, 0.15) is 66.8 Å².